The molecule has 13 heteroatoms. The number of esters is 2. The van der Waals surface area contributed by atoms with Gasteiger partial charge in [-0.1, -0.05) is 0 Å². The molecule has 0 saturated carbocycles. The molecule has 0 aromatic rings. The van der Waals surface area contributed by atoms with Crippen molar-refractivity contribution in [3.63, 3.8) is 0 Å². The second kappa shape index (κ2) is 13.5. The number of rotatable bonds is 11. The number of nitrogens with zero attached hydrogens (tertiary/aromatic N) is 1. The maximum atomic E-state index is 13.0. The monoisotopic (exact) mass is 496 g/mol. The van der Waals surface area contributed by atoms with E-state index in [-0.39, 0.29) is 19.0 Å². The fourth-order valence-corrected chi connectivity index (χ4v) is 3.16. The molecule has 0 fully saturated rings. The number of carbonyl (C=O) groups excluding carboxylic acids is 4. The van der Waals surface area contributed by atoms with Crippen molar-refractivity contribution in [1.29, 1.82) is 0 Å². The molecular weight excluding hydrogens is 459 g/mol. The van der Waals surface area contributed by atoms with E-state index in [1.807, 2.05) is 0 Å². The van der Waals surface area contributed by atoms with E-state index in [0.29, 0.717) is 6.54 Å². The van der Waals surface area contributed by atoms with E-state index in [9.17, 15) is 23.7 Å². The van der Waals surface area contributed by atoms with Gasteiger partial charge in [0.25, 0.3) is 5.91 Å². The molecule has 0 spiro atoms. The molecule has 0 aromatic carbocycles. The van der Waals surface area contributed by atoms with Gasteiger partial charge in [0.2, 0.25) is 13.6 Å². The molecule has 0 aromatic heterocycles. The number of nitrogens with one attached hydrogen (secondary N) is 1. The van der Waals surface area contributed by atoms with Crippen molar-refractivity contribution in [1.82, 2.24) is 10.4 Å². The van der Waals surface area contributed by atoms with Crippen LogP contribution in [0.4, 0.5) is 4.79 Å². The number of ether oxygens (including phenoxy) is 2. The summed E-state index contributed by atoms with van der Waals surface area (Å²) in [5, 5.41) is 3.13. The molecule has 2 amide bonds. The van der Waals surface area contributed by atoms with Crippen molar-refractivity contribution < 1.29 is 47.1 Å². The number of amides is 2. The van der Waals surface area contributed by atoms with Crippen molar-refractivity contribution in [2.45, 2.75) is 61.3 Å². The summed E-state index contributed by atoms with van der Waals surface area (Å²) >= 11 is 0. The van der Waals surface area contributed by atoms with Gasteiger partial charge in [-0.15, -0.1) is 0 Å². The summed E-state index contributed by atoms with van der Waals surface area (Å²) in [6, 6.07) is 0. The summed E-state index contributed by atoms with van der Waals surface area (Å²) in [6.07, 6.45) is -1.14. The lowest BCUT2D eigenvalue weighted by molar-refractivity contribution is -0.162. The lowest BCUT2D eigenvalue weighted by atomic mass is 9.98. The molecule has 12 nitrogen and oxygen atoms in total. The quantitative estimate of drug-likeness (QED) is 0.196. The van der Waals surface area contributed by atoms with Crippen LogP contribution in [0.5, 0.6) is 0 Å². The Balaban J connectivity index is 4.91. The molecule has 0 aliphatic carbocycles. The molecule has 192 valence electrons. The zero-order chi connectivity index (χ0) is 25.9. The SMILES string of the molecule is CCNC(=O)ON(C)C(=O)CCCP(=O)(OCOC(=O)C(C)(C)C)OCOC(=O)C(C)(C)C. The minimum Gasteiger partial charge on any atom is -0.438 e. The molecule has 1 N–H and O–H groups in total. The summed E-state index contributed by atoms with van der Waals surface area (Å²) < 4.78 is 33.3. The third kappa shape index (κ3) is 13.2. The first-order valence-electron chi connectivity index (χ1n) is 10.5. The van der Waals surface area contributed by atoms with E-state index in [1.54, 1.807) is 48.5 Å². The topological polar surface area (TPSA) is 147 Å². The van der Waals surface area contributed by atoms with Gasteiger partial charge in [-0.25, -0.2) is 4.79 Å². The average molecular weight is 496 g/mol. The number of hydrogen-bond donors (Lipinski definition) is 1. The molecule has 0 aliphatic heterocycles. The van der Waals surface area contributed by atoms with E-state index in [2.05, 4.69) is 5.32 Å². The van der Waals surface area contributed by atoms with Crippen LogP contribution < -0.4 is 5.32 Å². The zero-order valence-electron chi connectivity index (χ0n) is 20.7. The molecule has 0 rings (SSSR count). The fraction of sp³-hybridized carbons (Fsp3) is 0.800. The summed E-state index contributed by atoms with van der Waals surface area (Å²) in [6.45, 7) is 10.6. The van der Waals surface area contributed by atoms with Crippen LogP contribution in [0.15, 0.2) is 0 Å². The first-order chi connectivity index (χ1) is 15.0. The number of carbonyl (C=O) groups is 4. The molecule has 0 saturated heterocycles. The van der Waals surface area contributed by atoms with Crippen LogP contribution in [0.25, 0.3) is 0 Å². The van der Waals surface area contributed by atoms with Gasteiger partial charge in [-0.05, 0) is 54.9 Å². The molecule has 0 radical (unpaired) electrons. The average Bonchev–Trinajstić information content (AvgIpc) is 2.66. The van der Waals surface area contributed by atoms with Gasteiger partial charge < -0.3 is 19.6 Å². The van der Waals surface area contributed by atoms with E-state index in [4.69, 9.17) is 23.4 Å². The Labute approximate surface area is 195 Å². The Hall–Kier alpha value is -2.17. The van der Waals surface area contributed by atoms with Crippen molar-refractivity contribution >= 4 is 31.5 Å². The Morgan fingerprint density at radius 3 is 1.73 bits per heavy atom. The van der Waals surface area contributed by atoms with Crippen molar-refractivity contribution in [2.75, 3.05) is 33.3 Å². The predicted molar refractivity (Wildman–Crippen MR) is 118 cm³/mol. The minimum absolute atomic E-state index is 0.0274. The van der Waals surface area contributed by atoms with E-state index >= 15 is 0 Å². The zero-order valence-corrected chi connectivity index (χ0v) is 21.6. The highest BCUT2D eigenvalue weighted by Gasteiger charge is 2.30. The second-order valence-electron chi connectivity index (χ2n) is 9.10. The Morgan fingerprint density at radius 2 is 1.33 bits per heavy atom. The third-order valence-electron chi connectivity index (χ3n) is 3.82. The van der Waals surface area contributed by atoms with E-state index in [0.717, 1.165) is 5.06 Å². The molecule has 0 unspecified atom stereocenters. The lowest BCUT2D eigenvalue weighted by Gasteiger charge is -2.22. The van der Waals surface area contributed by atoms with E-state index < -0.39 is 56.0 Å². The highest BCUT2D eigenvalue weighted by atomic mass is 31.2. The molecule has 0 atom stereocenters. The maximum absolute atomic E-state index is 13.0. The van der Waals surface area contributed by atoms with E-state index in [1.165, 1.54) is 7.05 Å². The molecule has 0 aliphatic rings. The van der Waals surface area contributed by atoms with Gasteiger partial charge in [0.1, 0.15) is 0 Å². The standard InChI is InChI=1S/C20H37N2O10P/c1-9-21-18(26)32-22(8)15(23)11-10-12-33(27,30-13-28-16(24)19(2,3)4)31-14-29-17(25)20(5,6)7/h9-14H2,1-8H3,(H,21,26). The Bertz CT molecular complexity index is 691. The highest BCUT2D eigenvalue weighted by molar-refractivity contribution is 7.53. The summed E-state index contributed by atoms with van der Waals surface area (Å²) in [5.74, 6) is -1.70. The molecule has 33 heavy (non-hydrogen) atoms. The van der Waals surface area contributed by atoms with Crippen LogP contribution in [-0.2, 0) is 42.3 Å². The van der Waals surface area contributed by atoms with Crippen molar-refractivity contribution in [3.8, 4) is 0 Å². The molecule has 0 bridgehead atoms. The van der Waals surface area contributed by atoms with Crippen LogP contribution in [0.2, 0.25) is 0 Å². The van der Waals surface area contributed by atoms with Gasteiger partial charge >= 0.3 is 25.6 Å². The number of hydroxylamine groups is 2. The first-order valence-corrected chi connectivity index (χ1v) is 12.2. The van der Waals surface area contributed by atoms with Gasteiger partial charge in [0.15, 0.2) is 0 Å². The van der Waals surface area contributed by atoms with Gasteiger partial charge in [0, 0.05) is 20.0 Å². The van der Waals surface area contributed by atoms with Crippen molar-refractivity contribution in [2.24, 2.45) is 10.8 Å². The van der Waals surface area contributed by atoms with Crippen LogP contribution in [0.3, 0.4) is 0 Å². The summed E-state index contributed by atoms with van der Waals surface area (Å²) in [5.41, 5.74) is -1.59. The van der Waals surface area contributed by atoms with Crippen LogP contribution in [0.1, 0.15) is 61.3 Å². The van der Waals surface area contributed by atoms with Gasteiger partial charge in [0.05, 0.1) is 17.0 Å². The minimum atomic E-state index is -3.91. The Kier molecular flexibility index (Phi) is 12.6. The van der Waals surface area contributed by atoms with Crippen LogP contribution >= 0.6 is 7.60 Å². The number of hydrogen-bond acceptors (Lipinski definition) is 10. The maximum Gasteiger partial charge on any atom is 0.431 e. The van der Waals surface area contributed by atoms with Gasteiger partial charge in [-0.2, -0.15) is 5.06 Å². The van der Waals surface area contributed by atoms with Gasteiger partial charge in [-0.3, -0.25) is 28.0 Å². The van der Waals surface area contributed by atoms with Crippen LogP contribution in [0, 0.1) is 10.8 Å². The van der Waals surface area contributed by atoms with Crippen molar-refractivity contribution in [3.05, 3.63) is 0 Å². The fourth-order valence-electron chi connectivity index (χ4n) is 1.85. The normalized spacial score (nSPS) is 12.0. The third-order valence-corrected chi connectivity index (χ3v) is 5.68. The molecule has 0 heterocycles. The highest BCUT2D eigenvalue weighted by Crippen LogP contribution is 2.49. The smallest absolute Gasteiger partial charge is 0.431 e. The predicted octanol–water partition coefficient (Wildman–Crippen LogP) is 3.21. The largest absolute Gasteiger partial charge is 0.438 e. The Morgan fingerprint density at radius 1 is 0.879 bits per heavy atom. The van der Waals surface area contributed by atoms with Crippen LogP contribution in [-0.4, -0.2) is 62.3 Å². The first kappa shape index (κ1) is 30.8. The molecular formula is C20H37N2O10P. The second-order valence-corrected chi connectivity index (χ2v) is 11.3. The summed E-state index contributed by atoms with van der Waals surface area (Å²) in [4.78, 5) is 52.0. The lowest BCUT2D eigenvalue weighted by Crippen LogP contribution is -2.35. The summed E-state index contributed by atoms with van der Waals surface area (Å²) in [7, 11) is -2.64.